The fourth-order valence-electron chi connectivity index (χ4n) is 4.96. The van der Waals surface area contributed by atoms with Gasteiger partial charge in [-0.05, 0) is 54.9 Å². The fourth-order valence-corrected chi connectivity index (χ4v) is 5.24. The normalized spacial score (nSPS) is 14.0. The lowest BCUT2D eigenvalue weighted by atomic mass is 10.1. The molecule has 1 saturated heterocycles. The largest absolute Gasteiger partial charge is 0.353 e. The molecule has 1 aliphatic rings. The number of benzene rings is 2. The molecule has 0 aliphatic carbocycles. The number of fused-ring (bicyclic) bond motifs is 2. The van der Waals surface area contributed by atoms with Crippen LogP contribution in [0.2, 0.25) is 0 Å². The van der Waals surface area contributed by atoms with Gasteiger partial charge in [0.1, 0.15) is 17.7 Å². The highest BCUT2D eigenvalue weighted by Gasteiger charge is 2.22. The van der Waals surface area contributed by atoms with Crippen molar-refractivity contribution in [2.24, 2.45) is 0 Å². The van der Waals surface area contributed by atoms with E-state index in [9.17, 15) is 4.39 Å². The van der Waals surface area contributed by atoms with Gasteiger partial charge in [0.05, 0.1) is 23.8 Å². The summed E-state index contributed by atoms with van der Waals surface area (Å²) in [5, 5.41) is 3.70. The van der Waals surface area contributed by atoms with Gasteiger partial charge in [-0.1, -0.05) is 24.3 Å². The number of hydrogen-bond donors (Lipinski definition) is 2. The summed E-state index contributed by atoms with van der Waals surface area (Å²) in [6, 6.07) is 15.2. The molecular formula is C26H30Cl3FN8S. The minimum atomic E-state index is -0.223. The second-order valence-electron chi connectivity index (χ2n) is 9.24. The van der Waals surface area contributed by atoms with E-state index in [4.69, 9.17) is 17.2 Å². The first kappa shape index (κ1) is 30.8. The van der Waals surface area contributed by atoms with Crippen LogP contribution in [0.5, 0.6) is 0 Å². The average molecular weight is 612 g/mol. The van der Waals surface area contributed by atoms with Crippen molar-refractivity contribution in [2.75, 3.05) is 25.0 Å². The number of nitrogens with zero attached hydrogens (tertiary/aromatic N) is 6. The number of anilines is 1. The predicted octanol–water partition coefficient (Wildman–Crippen LogP) is 5.87. The van der Waals surface area contributed by atoms with E-state index < -0.39 is 0 Å². The van der Waals surface area contributed by atoms with Crippen LogP contribution in [0, 0.1) is 10.6 Å². The number of halogens is 4. The molecule has 0 atom stereocenters. The molecule has 208 valence electrons. The molecule has 0 amide bonds. The molecule has 3 aromatic heterocycles. The summed E-state index contributed by atoms with van der Waals surface area (Å²) in [7, 11) is 0. The molecule has 5 aromatic rings. The number of likely N-dealkylation sites (tertiary alicyclic amines) is 1. The number of hydrogen-bond acceptors (Lipinski definition) is 6. The topological polar surface area (TPSA) is 79.6 Å². The SMILES string of the molecule is Cl.Cl.Cl.Fc1ccc(Cn2c(NC3CCN(CCn4c(=S)[nH]c5cncnc54)CC3)nc3ccccc32)cc1. The van der Waals surface area contributed by atoms with Crippen LogP contribution in [0.4, 0.5) is 10.3 Å². The van der Waals surface area contributed by atoms with E-state index in [0.29, 0.717) is 17.4 Å². The Morgan fingerprint density at radius 1 is 0.974 bits per heavy atom. The summed E-state index contributed by atoms with van der Waals surface area (Å²) in [5.41, 5.74) is 4.79. The van der Waals surface area contributed by atoms with E-state index in [1.807, 2.05) is 30.3 Å². The molecule has 6 rings (SSSR count). The molecule has 8 nitrogen and oxygen atoms in total. The third-order valence-corrected chi connectivity index (χ3v) is 7.23. The van der Waals surface area contributed by atoms with Gasteiger partial charge in [-0.25, -0.2) is 19.3 Å². The van der Waals surface area contributed by atoms with E-state index in [-0.39, 0.29) is 43.0 Å². The summed E-state index contributed by atoms with van der Waals surface area (Å²) in [6.45, 7) is 4.35. The van der Waals surface area contributed by atoms with Crippen molar-refractivity contribution in [2.45, 2.75) is 32.0 Å². The Morgan fingerprint density at radius 2 is 1.72 bits per heavy atom. The van der Waals surface area contributed by atoms with Crippen LogP contribution in [0.3, 0.4) is 0 Å². The van der Waals surface area contributed by atoms with E-state index >= 15 is 0 Å². The maximum absolute atomic E-state index is 13.4. The summed E-state index contributed by atoms with van der Waals surface area (Å²) < 4.78 is 18.3. The van der Waals surface area contributed by atoms with Gasteiger partial charge in [0, 0.05) is 32.2 Å². The second kappa shape index (κ2) is 13.5. The van der Waals surface area contributed by atoms with Gasteiger partial charge in [-0.2, -0.15) is 0 Å². The van der Waals surface area contributed by atoms with Crippen molar-refractivity contribution in [3.8, 4) is 0 Å². The van der Waals surface area contributed by atoms with E-state index in [2.05, 4.69) is 40.4 Å². The number of imidazole rings is 2. The minimum Gasteiger partial charge on any atom is -0.353 e. The van der Waals surface area contributed by atoms with Gasteiger partial charge in [0.15, 0.2) is 10.4 Å². The van der Waals surface area contributed by atoms with Gasteiger partial charge in [0.25, 0.3) is 0 Å². The quantitative estimate of drug-likeness (QED) is 0.224. The van der Waals surface area contributed by atoms with Gasteiger partial charge in [-0.15, -0.1) is 37.2 Å². The summed E-state index contributed by atoms with van der Waals surface area (Å²) in [6.07, 6.45) is 5.37. The number of aromatic amines is 1. The van der Waals surface area contributed by atoms with Crippen LogP contribution in [0.25, 0.3) is 22.2 Å². The summed E-state index contributed by atoms with van der Waals surface area (Å²) >= 11 is 5.49. The molecule has 1 fully saturated rings. The Bertz CT molecular complexity index is 1560. The van der Waals surface area contributed by atoms with Crippen LogP contribution in [0.1, 0.15) is 18.4 Å². The van der Waals surface area contributed by atoms with Crippen molar-refractivity contribution in [1.82, 2.24) is 34.0 Å². The van der Waals surface area contributed by atoms with Crippen molar-refractivity contribution in [1.29, 1.82) is 0 Å². The van der Waals surface area contributed by atoms with Crippen LogP contribution in [-0.4, -0.2) is 59.6 Å². The summed E-state index contributed by atoms with van der Waals surface area (Å²) in [4.78, 5) is 19.0. The second-order valence-corrected chi connectivity index (χ2v) is 9.63. The van der Waals surface area contributed by atoms with Crippen LogP contribution < -0.4 is 5.32 Å². The van der Waals surface area contributed by atoms with Crippen molar-refractivity contribution < 1.29 is 4.39 Å². The van der Waals surface area contributed by atoms with Crippen LogP contribution in [0.15, 0.2) is 61.1 Å². The number of para-hydroxylation sites is 2. The van der Waals surface area contributed by atoms with E-state index in [0.717, 1.165) is 72.7 Å². The molecule has 1 aliphatic heterocycles. The number of aromatic nitrogens is 6. The Labute approximate surface area is 249 Å². The Hall–Kier alpha value is -2.76. The first-order valence-electron chi connectivity index (χ1n) is 12.2. The fraction of sp³-hybridized carbons (Fsp3) is 0.308. The molecule has 0 saturated carbocycles. The molecule has 0 unspecified atom stereocenters. The summed E-state index contributed by atoms with van der Waals surface area (Å²) in [5.74, 6) is 0.642. The highest BCUT2D eigenvalue weighted by molar-refractivity contribution is 7.71. The third-order valence-electron chi connectivity index (χ3n) is 6.90. The lowest BCUT2D eigenvalue weighted by Crippen LogP contribution is -2.40. The van der Waals surface area contributed by atoms with Crippen molar-refractivity contribution in [3.05, 3.63) is 77.2 Å². The maximum Gasteiger partial charge on any atom is 0.204 e. The van der Waals surface area contributed by atoms with Crippen LogP contribution >= 0.6 is 49.4 Å². The van der Waals surface area contributed by atoms with Crippen LogP contribution in [-0.2, 0) is 13.1 Å². The van der Waals surface area contributed by atoms with Crippen molar-refractivity contribution in [3.63, 3.8) is 0 Å². The highest BCUT2D eigenvalue weighted by Crippen LogP contribution is 2.24. The molecule has 0 spiro atoms. The smallest absolute Gasteiger partial charge is 0.204 e. The Balaban J connectivity index is 0.00000140. The highest BCUT2D eigenvalue weighted by atomic mass is 35.5. The number of rotatable bonds is 7. The van der Waals surface area contributed by atoms with Gasteiger partial charge in [-0.3, -0.25) is 0 Å². The minimum absolute atomic E-state index is 0. The number of H-pyrrole nitrogens is 1. The first-order chi connectivity index (χ1) is 17.6. The lowest BCUT2D eigenvalue weighted by molar-refractivity contribution is 0.211. The number of piperidine rings is 1. The molecule has 2 aromatic carbocycles. The number of nitrogens with one attached hydrogen (secondary N) is 2. The average Bonchev–Trinajstić information content (AvgIpc) is 3.41. The standard InChI is InChI=1S/C26H27FN8S.3ClH/c27-19-7-5-18(6-8-19)16-35-23-4-2-1-3-21(23)31-25(35)30-20-9-11-33(12-10-20)13-14-34-24-22(32-26(34)36)15-28-17-29-24;;;/h1-8,15,17,20H,9-14,16H2,(H,30,31)(H,32,36);3*1H. The molecular weight excluding hydrogens is 582 g/mol. The zero-order chi connectivity index (χ0) is 24.5. The molecule has 0 bridgehead atoms. The first-order valence-corrected chi connectivity index (χ1v) is 12.6. The molecule has 4 heterocycles. The maximum atomic E-state index is 13.4. The molecule has 2 N–H and O–H groups in total. The monoisotopic (exact) mass is 610 g/mol. The van der Waals surface area contributed by atoms with Gasteiger partial charge in [0.2, 0.25) is 5.95 Å². The molecule has 0 radical (unpaired) electrons. The zero-order valence-electron chi connectivity index (χ0n) is 21.0. The lowest BCUT2D eigenvalue weighted by Gasteiger charge is -2.32. The predicted molar refractivity (Wildman–Crippen MR) is 163 cm³/mol. The van der Waals surface area contributed by atoms with E-state index in [1.54, 1.807) is 12.5 Å². The van der Waals surface area contributed by atoms with E-state index in [1.165, 1.54) is 12.1 Å². The Morgan fingerprint density at radius 3 is 2.49 bits per heavy atom. The Kier molecular flexibility index (Phi) is 10.7. The van der Waals surface area contributed by atoms with Gasteiger partial charge >= 0.3 is 0 Å². The molecule has 39 heavy (non-hydrogen) atoms. The third kappa shape index (κ3) is 6.70. The molecule has 13 heteroatoms. The van der Waals surface area contributed by atoms with Crippen molar-refractivity contribution >= 4 is 77.6 Å². The van der Waals surface area contributed by atoms with Gasteiger partial charge < -0.3 is 24.3 Å². The zero-order valence-corrected chi connectivity index (χ0v) is 24.3.